The molecule has 0 saturated heterocycles. The van der Waals surface area contributed by atoms with Crippen molar-refractivity contribution in [2.24, 2.45) is 5.73 Å². The summed E-state index contributed by atoms with van der Waals surface area (Å²) in [6.45, 7) is 0.134. The van der Waals surface area contributed by atoms with Crippen molar-refractivity contribution in [2.45, 2.75) is 12.6 Å². The number of nitriles is 1. The highest BCUT2D eigenvalue weighted by atomic mass is 32.1. The minimum Gasteiger partial charge on any atom is -0.316 e. The third-order valence-corrected chi connectivity index (χ3v) is 4.27. The largest absolute Gasteiger partial charge is 0.316 e. The number of fused-ring (bicyclic) bond motifs is 1. The minimum atomic E-state index is -1.13. The number of thiophene rings is 1. The summed E-state index contributed by atoms with van der Waals surface area (Å²) < 4.78 is 27.2. The molecular weight excluding hydrogens is 296 g/mol. The summed E-state index contributed by atoms with van der Waals surface area (Å²) in [5.74, 6) is -2.07. The molecule has 1 aromatic carbocycles. The van der Waals surface area contributed by atoms with Gasteiger partial charge in [0.25, 0.3) is 0 Å². The van der Waals surface area contributed by atoms with Crippen molar-refractivity contribution in [2.75, 3.05) is 4.90 Å². The second kappa shape index (κ2) is 4.91. The first kappa shape index (κ1) is 13.7. The van der Waals surface area contributed by atoms with E-state index in [4.69, 9.17) is 11.0 Å². The van der Waals surface area contributed by atoms with E-state index in [0.717, 1.165) is 10.9 Å². The van der Waals surface area contributed by atoms with Crippen LogP contribution in [0.15, 0.2) is 24.3 Å². The molecule has 2 aromatic rings. The molecule has 0 fully saturated rings. The van der Waals surface area contributed by atoms with E-state index >= 15 is 0 Å². The van der Waals surface area contributed by atoms with Crippen LogP contribution in [-0.4, -0.2) is 5.91 Å². The average Bonchev–Trinajstić information content (AvgIpc) is 2.98. The van der Waals surface area contributed by atoms with Crippen molar-refractivity contribution < 1.29 is 13.6 Å². The third-order valence-electron chi connectivity index (χ3n) is 3.29. The molecular formula is C14H9F2N3OS. The first-order chi connectivity index (χ1) is 10.0. The van der Waals surface area contributed by atoms with E-state index in [1.54, 1.807) is 12.1 Å². The first-order valence-electron chi connectivity index (χ1n) is 6.06. The van der Waals surface area contributed by atoms with Gasteiger partial charge >= 0.3 is 0 Å². The van der Waals surface area contributed by atoms with Crippen molar-refractivity contribution in [1.82, 2.24) is 0 Å². The Balaban J connectivity index is 2.01. The lowest BCUT2D eigenvalue weighted by Gasteiger charge is -2.16. The average molecular weight is 305 g/mol. The lowest BCUT2D eigenvalue weighted by atomic mass is 10.1. The molecule has 1 atom stereocenters. The number of hydrogen-bond acceptors (Lipinski definition) is 4. The molecule has 4 nitrogen and oxygen atoms in total. The van der Waals surface area contributed by atoms with Gasteiger partial charge < -0.3 is 10.6 Å². The predicted molar refractivity (Wildman–Crippen MR) is 73.5 cm³/mol. The molecule has 2 heterocycles. The Bertz CT molecular complexity index is 781. The Morgan fingerprint density at radius 1 is 1.38 bits per heavy atom. The van der Waals surface area contributed by atoms with Crippen LogP contribution in [0.3, 0.4) is 0 Å². The number of halogens is 2. The topological polar surface area (TPSA) is 70.1 Å². The van der Waals surface area contributed by atoms with Gasteiger partial charge in [0.05, 0.1) is 12.2 Å². The monoisotopic (exact) mass is 305 g/mol. The number of rotatable bonds is 2. The van der Waals surface area contributed by atoms with Crippen LogP contribution in [0.2, 0.25) is 0 Å². The smallest absolute Gasteiger partial charge is 0.249 e. The second-order valence-electron chi connectivity index (χ2n) is 4.60. The van der Waals surface area contributed by atoms with Crippen LogP contribution in [0.25, 0.3) is 0 Å². The molecule has 1 unspecified atom stereocenters. The Kier molecular flexibility index (Phi) is 3.20. The van der Waals surface area contributed by atoms with Crippen molar-refractivity contribution >= 4 is 22.9 Å². The fraction of sp³-hybridized carbons (Fsp3) is 0.143. The molecule has 106 valence electrons. The SMILES string of the molecule is N#Cc1ccc(CN2C(=O)C(N)c3c(F)cc(F)cc32)s1. The number of nitrogens with zero attached hydrogens (tertiary/aromatic N) is 2. The Morgan fingerprint density at radius 2 is 2.14 bits per heavy atom. The highest BCUT2D eigenvalue weighted by Crippen LogP contribution is 2.38. The van der Waals surface area contributed by atoms with Crippen LogP contribution in [0, 0.1) is 23.0 Å². The zero-order valence-electron chi connectivity index (χ0n) is 10.6. The highest BCUT2D eigenvalue weighted by Gasteiger charge is 2.37. The summed E-state index contributed by atoms with van der Waals surface area (Å²) in [5, 5.41) is 8.80. The number of nitrogens with two attached hydrogens (primary N) is 1. The molecule has 0 aliphatic carbocycles. The fourth-order valence-electron chi connectivity index (χ4n) is 2.35. The second-order valence-corrected chi connectivity index (χ2v) is 5.77. The van der Waals surface area contributed by atoms with Crippen molar-refractivity contribution in [3.63, 3.8) is 0 Å². The van der Waals surface area contributed by atoms with E-state index in [0.29, 0.717) is 10.9 Å². The van der Waals surface area contributed by atoms with Gasteiger partial charge in [0.2, 0.25) is 5.91 Å². The number of amides is 1. The summed E-state index contributed by atoms with van der Waals surface area (Å²) in [5.41, 5.74) is 5.88. The van der Waals surface area contributed by atoms with Gasteiger partial charge in [-0.25, -0.2) is 8.78 Å². The number of anilines is 1. The molecule has 1 aliphatic heterocycles. The van der Waals surface area contributed by atoms with Crippen LogP contribution in [0.4, 0.5) is 14.5 Å². The van der Waals surface area contributed by atoms with E-state index in [9.17, 15) is 13.6 Å². The number of carbonyl (C=O) groups is 1. The first-order valence-corrected chi connectivity index (χ1v) is 6.87. The molecule has 1 aromatic heterocycles. The van der Waals surface area contributed by atoms with E-state index in [2.05, 4.69) is 0 Å². The molecule has 0 spiro atoms. The summed E-state index contributed by atoms with van der Waals surface area (Å²) in [6.07, 6.45) is 0. The third kappa shape index (κ3) is 2.18. The predicted octanol–water partition coefficient (Wildman–Crippen LogP) is 2.44. The van der Waals surface area contributed by atoms with E-state index < -0.39 is 23.6 Å². The van der Waals surface area contributed by atoms with Gasteiger partial charge in [0, 0.05) is 16.5 Å². The zero-order chi connectivity index (χ0) is 15.1. The minimum absolute atomic E-state index is 0.0125. The molecule has 0 bridgehead atoms. The summed E-state index contributed by atoms with van der Waals surface area (Å²) in [6, 6.07) is 6.02. The lowest BCUT2D eigenvalue weighted by molar-refractivity contribution is -0.119. The van der Waals surface area contributed by atoms with Crippen molar-refractivity contribution in [3.8, 4) is 6.07 Å². The molecule has 1 aliphatic rings. The van der Waals surface area contributed by atoms with Crippen LogP contribution < -0.4 is 10.6 Å². The Morgan fingerprint density at radius 3 is 2.81 bits per heavy atom. The molecule has 3 rings (SSSR count). The van der Waals surface area contributed by atoms with Crippen LogP contribution >= 0.6 is 11.3 Å². The Hall–Kier alpha value is -2.30. The normalized spacial score (nSPS) is 17.0. The quantitative estimate of drug-likeness (QED) is 0.926. The van der Waals surface area contributed by atoms with Gasteiger partial charge in [-0.1, -0.05) is 0 Å². The molecule has 7 heteroatoms. The van der Waals surface area contributed by atoms with Gasteiger partial charge in [-0.3, -0.25) is 4.79 Å². The highest BCUT2D eigenvalue weighted by molar-refractivity contribution is 7.12. The maximum Gasteiger partial charge on any atom is 0.249 e. The van der Waals surface area contributed by atoms with Crippen molar-refractivity contribution in [3.05, 3.63) is 51.2 Å². The van der Waals surface area contributed by atoms with Gasteiger partial charge in [0.15, 0.2) is 0 Å². The zero-order valence-corrected chi connectivity index (χ0v) is 11.5. The van der Waals surface area contributed by atoms with Gasteiger partial charge in [-0.2, -0.15) is 5.26 Å². The summed E-state index contributed by atoms with van der Waals surface area (Å²) in [4.78, 5) is 14.7. The summed E-state index contributed by atoms with van der Waals surface area (Å²) in [7, 11) is 0. The van der Waals surface area contributed by atoms with Gasteiger partial charge in [0.1, 0.15) is 28.6 Å². The van der Waals surface area contributed by atoms with Crippen molar-refractivity contribution in [1.29, 1.82) is 5.26 Å². The lowest BCUT2D eigenvalue weighted by Crippen LogP contribution is -2.31. The van der Waals surface area contributed by atoms with Gasteiger partial charge in [-0.15, -0.1) is 11.3 Å². The van der Waals surface area contributed by atoms with Crippen LogP contribution in [-0.2, 0) is 11.3 Å². The fourth-order valence-corrected chi connectivity index (χ4v) is 3.15. The summed E-state index contributed by atoms with van der Waals surface area (Å²) >= 11 is 1.22. The number of carbonyl (C=O) groups excluding carboxylic acids is 1. The molecule has 21 heavy (non-hydrogen) atoms. The van der Waals surface area contributed by atoms with Crippen LogP contribution in [0.1, 0.15) is 21.4 Å². The number of hydrogen-bond donors (Lipinski definition) is 1. The van der Waals surface area contributed by atoms with E-state index in [-0.39, 0.29) is 17.8 Å². The maximum atomic E-state index is 13.8. The number of benzene rings is 1. The van der Waals surface area contributed by atoms with Crippen LogP contribution in [0.5, 0.6) is 0 Å². The Labute approximate surface area is 123 Å². The molecule has 2 N–H and O–H groups in total. The van der Waals surface area contributed by atoms with E-state index in [1.165, 1.54) is 16.2 Å². The maximum absolute atomic E-state index is 13.8. The molecule has 0 radical (unpaired) electrons. The van der Waals surface area contributed by atoms with E-state index in [1.807, 2.05) is 6.07 Å². The standard InChI is InChI=1S/C14H9F2N3OS/c15-7-3-10(16)12-11(4-7)19(14(20)13(12)18)6-9-2-1-8(5-17)21-9/h1-4,13H,6,18H2. The molecule has 1 amide bonds. The molecule has 0 saturated carbocycles. The van der Waals surface area contributed by atoms with Gasteiger partial charge in [-0.05, 0) is 18.2 Å².